The lowest BCUT2D eigenvalue weighted by molar-refractivity contribution is 0.893. The van der Waals surface area contributed by atoms with Gasteiger partial charge in [-0.15, -0.1) is 10.2 Å². The molecule has 0 saturated heterocycles. The topological polar surface area (TPSA) is 42.5 Å². The van der Waals surface area contributed by atoms with Crippen LogP contribution in [0.15, 0.2) is 46.9 Å². The predicted molar refractivity (Wildman–Crippen MR) is 58.8 cm³/mol. The van der Waals surface area contributed by atoms with Crippen molar-refractivity contribution in [2.24, 2.45) is 17.3 Å². The van der Waals surface area contributed by atoms with Gasteiger partial charge in [0.1, 0.15) is 0 Å². The third-order valence-corrected chi connectivity index (χ3v) is 2.13. The molecule has 0 aliphatic heterocycles. The van der Waals surface area contributed by atoms with Gasteiger partial charge in [-0.25, -0.2) is 4.98 Å². The van der Waals surface area contributed by atoms with Crippen LogP contribution in [0.5, 0.6) is 0 Å². The lowest BCUT2D eigenvalue weighted by Gasteiger charge is -1.93. The molecule has 0 unspecified atom stereocenters. The second-order valence-corrected chi connectivity index (χ2v) is 3.45. The summed E-state index contributed by atoms with van der Waals surface area (Å²) >= 11 is 5.75. The van der Waals surface area contributed by atoms with Crippen LogP contribution in [0, 0.1) is 0 Å². The molecule has 4 nitrogen and oxygen atoms in total. The highest BCUT2D eigenvalue weighted by molar-refractivity contribution is 6.30. The summed E-state index contributed by atoms with van der Waals surface area (Å²) in [5.74, 6) is 0.574. The average molecular weight is 221 g/mol. The Hall–Kier alpha value is -1.68. The van der Waals surface area contributed by atoms with Gasteiger partial charge in [0.15, 0.2) is 0 Å². The number of imidazole rings is 1. The number of rotatable bonds is 2. The van der Waals surface area contributed by atoms with Crippen LogP contribution in [0.2, 0.25) is 5.02 Å². The third-order valence-electron chi connectivity index (χ3n) is 1.88. The average Bonchev–Trinajstić information content (AvgIpc) is 2.63. The first-order chi connectivity index (χ1) is 7.25. The van der Waals surface area contributed by atoms with Crippen LogP contribution in [-0.2, 0) is 7.05 Å². The van der Waals surface area contributed by atoms with Crippen molar-refractivity contribution in [1.82, 2.24) is 9.55 Å². The van der Waals surface area contributed by atoms with Gasteiger partial charge in [-0.3, -0.25) is 0 Å². The summed E-state index contributed by atoms with van der Waals surface area (Å²) in [4.78, 5) is 4.02. The van der Waals surface area contributed by atoms with Crippen molar-refractivity contribution in [2.75, 3.05) is 0 Å². The number of azo groups is 1. The molecule has 2 aromatic rings. The summed E-state index contributed by atoms with van der Waals surface area (Å²) in [5.41, 5.74) is 0.752. The number of halogens is 1. The number of aromatic nitrogens is 2. The molecule has 0 aliphatic rings. The summed E-state index contributed by atoms with van der Waals surface area (Å²) < 4.78 is 1.79. The van der Waals surface area contributed by atoms with E-state index in [1.54, 1.807) is 35.0 Å². The molecule has 0 atom stereocenters. The van der Waals surface area contributed by atoms with E-state index in [0.717, 1.165) is 5.69 Å². The van der Waals surface area contributed by atoms with E-state index in [9.17, 15) is 0 Å². The smallest absolute Gasteiger partial charge is 0.249 e. The molecule has 2 rings (SSSR count). The van der Waals surface area contributed by atoms with Crippen molar-refractivity contribution in [3.8, 4) is 0 Å². The van der Waals surface area contributed by atoms with Crippen LogP contribution in [0.4, 0.5) is 11.6 Å². The molecule has 0 bridgehead atoms. The number of benzene rings is 1. The van der Waals surface area contributed by atoms with Crippen molar-refractivity contribution >= 4 is 23.2 Å². The van der Waals surface area contributed by atoms with Crippen molar-refractivity contribution in [2.45, 2.75) is 0 Å². The first kappa shape index (κ1) is 9.86. The zero-order valence-electron chi connectivity index (χ0n) is 8.13. The molecular weight excluding hydrogens is 212 g/mol. The molecular formula is C10H9ClN4. The maximum atomic E-state index is 5.75. The normalized spacial score (nSPS) is 11.1. The van der Waals surface area contributed by atoms with Gasteiger partial charge in [-0.2, -0.15) is 0 Å². The summed E-state index contributed by atoms with van der Waals surface area (Å²) in [6.07, 6.45) is 3.49. The third kappa shape index (κ3) is 2.41. The van der Waals surface area contributed by atoms with Crippen molar-refractivity contribution in [3.05, 3.63) is 41.7 Å². The van der Waals surface area contributed by atoms with E-state index >= 15 is 0 Å². The fraction of sp³-hybridized carbons (Fsp3) is 0.100. The summed E-state index contributed by atoms with van der Waals surface area (Å²) in [6, 6.07) is 7.15. The molecule has 0 amide bonds. The van der Waals surface area contributed by atoms with Crippen LogP contribution >= 0.6 is 11.6 Å². The van der Waals surface area contributed by atoms with E-state index in [2.05, 4.69) is 15.2 Å². The van der Waals surface area contributed by atoms with E-state index in [0.29, 0.717) is 11.0 Å². The van der Waals surface area contributed by atoms with Gasteiger partial charge in [0.05, 0.1) is 5.69 Å². The van der Waals surface area contributed by atoms with Crippen LogP contribution in [0.1, 0.15) is 0 Å². The summed E-state index contributed by atoms with van der Waals surface area (Å²) in [7, 11) is 1.86. The first-order valence-electron chi connectivity index (χ1n) is 4.40. The van der Waals surface area contributed by atoms with Crippen LogP contribution in [0.25, 0.3) is 0 Å². The number of hydrogen-bond donors (Lipinski definition) is 0. The molecule has 0 spiro atoms. The van der Waals surface area contributed by atoms with Gasteiger partial charge in [0.25, 0.3) is 0 Å². The van der Waals surface area contributed by atoms with Crippen LogP contribution in [0.3, 0.4) is 0 Å². The van der Waals surface area contributed by atoms with Crippen LogP contribution in [-0.4, -0.2) is 9.55 Å². The van der Waals surface area contributed by atoms with E-state index in [1.807, 2.05) is 13.2 Å². The Kier molecular flexibility index (Phi) is 2.78. The summed E-state index contributed by atoms with van der Waals surface area (Å²) in [5, 5.41) is 8.72. The number of aryl methyl sites for hydroxylation is 1. The minimum atomic E-state index is 0.574. The Morgan fingerprint density at radius 2 is 1.93 bits per heavy atom. The fourth-order valence-corrected chi connectivity index (χ4v) is 1.19. The van der Waals surface area contributed by atoms with Gasteiger partial charge in [-0.05, 0) is 24.3 Å². The highest BCUT2D eigenvalue weighted by Gasteiger charge is 1.95. The predicted octanol–water partition coefficient (Wildman–Crippen LogP) is 3.49. The zero-order chi connectivity index (χ0) is 10.7. The van der Waals surface area contributed by atoms with Gasteiger partial charge >= 0.3 is 0 Å². The quantitative estimate of drug-likeness (QED) is 0.715. The largest absolute Gasteiger partial charge is 0.317 e. The lowest BCUT2D eigenvalue weighted by atomic mass is 10.3. The van der Waals surface area contributed by atoms with Gasteiger partial charge in [0, 0.05) is 24.5 Å². The van der Waals surface area contributed by atoms with Gasteiger partial charge in [0.2, 0.25) is 5.95 Å². The fourth-order valence-electron chi connectivity index (χ4n) is 1.06. The standard InChI is InChI=1S/C10H9ClN4/c1-15-7-6-12-10(15)14-13-9-4-2-8(11)3-5-9/h2-7H,1H3. The van der Waals surface area contributed by atoms with E-state index in [1.165, 1.54) is 0 Å². The van der Waals surface area contributed by atoms with E-state index in [-0.39, 0.29) is 0 Å². The molecule has 0 radical (unpaired) electrons. The second-order valence-electron chi connectivity index (χ2n) is 3.01. The van der Waals surface area contributed by atoms with Crippen molar-refractivity contribution in [1.29, 1.82) is 0 Å². The van der Waals surface area contributed by atoms with Crippen LogP contribution < -0.4 is 0 Å². The Morgan fingerprint density at radius 1 is 1.20 bits per heavy atom. The monoisotopic (exact) mass is 220 g/mol. The molecule has 1 heterocycles. The van der Waals surface area contributed by atoms with E-state index < -0.39 is 0 Å². The number of nitrogens with zero attached hydrogens (tertiary/aromatic N) is 4. The highest BCUT2D eigenvalue weighted by Crippen LogP contribution is 2.18. The zero-order valence-corrected chi connectivity index (χ0v) is 8.89. The minimum Gasteiger partial charge on any atom is -0.317 e. The molecule has 0 fully saturated rings. The van der Waals surface area contributed by atoms with Gasteiger partial charge in [-0.1, -0.05) is 11.6 Å². The molecule has 0 aliphatic carbocycles. The Morgan fingerprint density at radius 3 is 2.53 bits per heavy atom. The Labute approximate surface area is 92.2 Å². The highest BCUT2D eigenvalue weighted by atomic mass is 35.5. The molecule has 76 valence electrons. The molecule has 0 N–H and O–H groups in total. The Bertz CT molecular complexity index is 472. The van der Waals surface area contributed by atoms with Crippen molar-refractivity contribution in [3.63, 3.8) is 0 Å². The Balaban J connectivity index is 2.19. The van der Waals surface area contributed by atoms with E-state index in [4.69, 9.17) is 11.6 Å². The molecule has 1 aromatic carbocycles. The number of hydrogen-bond acceptors (Lipinski definition) is 3. The SMILES string of the molecule is Cn1ccnc1N=Nc1ccc(Cl)cc1. The van der Waals surface area contributed by atoms with Gasteiger partial charge < -0.3 is 4.57 Å². The maximum absolute atomic E-state index is 5.75. The second kappa shape index (κ2) is 4.23. The molecule has 1 aromatic heterocycles. The molecule has 0 saturated carbocycles. The summed E-state index contributed by atoms with van der Waals surface area (Å²) in [6.45, 7) is 0. The first-order valence-corrected chi connectivity index (χ1v) is 4.78. The lowest BCUT2D eigenvalue weighted by Crippen LogP contribution is -1.81. The molecule has 15 heavy (non-hydrogen) atoms. The maximum Gasteiger partial charge on any atom is 0.249 e. The van der Waals surface area contributed by atoms with Crippen molar-refractivity contribution < 1.29 is 0 Å². The minimum absolute atomic E-state index is 0.574. The molecule has 5 heteroatoms.